The molecule has 0 bridgehead atoms. The molecule has 2 saturated heterocycles. The van der Waals surface area contributed by atoms with E-state index >= 15 is 0 Å². The van der Waals surface area contributed by atoms with Gasteiger partial charge in [0.2, 0.25) is 0 Å². The van der Waals surface area contributed by atoms with Gasteiger partial charge in [-0.2, -0.15) is 13.2 Å². The van der Waals surface area contributed by atoms with Crippen molar-refractivity contribution in [1.29, 1.82) is 0 Å². The normalized spacial score (nSPS) is 17.7. The quantitative estimate of drug-likeness (QED) is 0.284. The third-order valence-electron chi connectivity index (χ3n) is 7.91. The molecule has 3 aromatic rings. The predicted octanol–water partition coefficient (Wildman–Crippen LogP) is 7.45. The Morgan fingerprint density at radius 3 is 2.00 bits per heavy atom. The molecule has 0 saturated carbocycles. The molecule has 2 fully saturated rings. The first-order valence-electron chi connectivity index (χ1n) is 14.3. The van der Waals surface area contributed by atoms with Crippen LogP contribution in [0.25, 0.3) is 0 Å². The summed E-state index contributed by atoms with van der Waals surface area (Å²) in [5.41, 5.74) is 1.66. The van der Waals surface area contributed by atoms with E-state index in [1.807, 2.05) is 18.2 Å². The van der Waals surface area contributed by atoms with Gasteiger partial charge in [0.15, 0.2) is 5.75 Å². The zero-order valence-electron chi connectivity index (χ0n) is 23.2. The zero-order valence-corrected chi connectivity index (χ0v) is 24.7. The summed E-state index contributed by atoms with van der Waals surface area (Å²) in [6.07, 6.45) is -1.40. The standard InChI is InChI=1S/C32H34Cl2F3N3O2/c33-28-18-24(31(41)38-26-9-13-39(14-10-26)20-22-5-2-1-3-6-22)19-29(34)30(28)42-27-11-15-40(16-12-27)21-23-7-4-8-25(17-23)32(35,36)37/h1-8,17-19,26-27H,9-16,20-21H2,(H,38,41). The maximum Gasteiger partial charge on any atom is 0.416 e. The molecule has 2 aliphatic rings. The van der Waals surface area contributed by atoms with Crippen molar-refractivity contribution >= 4 is 29.1 Å². The van der Waals surface area contributed by atoms with Gasteiger partial charge in [-0.15, -0.1) is 0 Å². The molecule has 3 aromatic carbocycles. The van der Waals surface area contributed by atoms with Gasteiger partial charge in [-0.05, 0) is 55.0 Å². The molecule has 42 heavy (non-hydrogen) atoms. The summed E-state index contributed by atoms with van der Waals surface area (Å²) in [5.74, 6) is 0.134. The summed E-state index contributed by atoms with van der Waals surface area (Å²) in [5, 5.41) is 3.67. The number of ether oxygens (including phenoxy) is 1. The Kier molecular flexibility index (Phi) is 9.99. The molecule has 2 heterocycles. The van der Waals surface area contributed by atoms with Crippen molar-refractivity contribution in [3.8, 4) is 5.75 Å². The van der Waals surface area contributed by atoms with E-state index in [4.69, 9.17) is 27.9 Å². The lowest BCUT2D eigenvalue weighted by Gasteiger charge is -2.33. The number of amides is 1. The van der Waals surface area contributed by atoms with E-state index in [9.17, 15) is 18.0 Å². The van der Waals surface area contributed by atoms with Crippen molar-refractivity contribution in [2.24, 2.45) is 0 Å². The Balaban J connectivity index is 1.09. The van der Waals surface area contributed by atoms with Gasteiger partial charge in [0, 0.05) is 50.9 Å². The predicted molar refractivity (Wildman–Crippen MR) is 159 cm³/mol. The summed E-state index contributed by atoms with van der Waals surface area (Å²) in [6, 6.07) is 19.1. The lowest BCUT2D eigenvalue weighted by atomic mass is 10.0. The number of piperidine rings is 2. The van der Waals surface area contributed by atoms with Crippen LogP contribution in [-0.4, -0.2) is 54.0 Å². The number of carbonyl (C=O) groups is 1. The van der Waals surface area contributed by atoms with E-state index in [2.05, 4.69) is 27.2 Å². The first kappa shape index (κ1) is 30.7. The molecule has 5 rings (SSSR count). The minimum atomic E-state index is -4.36. The molecule has 224 valence electrons. The monoisotopic (exact) mass is 619 g/mol. The number of rotatable bonds is 8. The number of likely N-dealkylation sites (tertiary alicyclic amines) is 2. The van der Waals surface area contributed by atoms with E-state index in [-0.39, 0.29) is 28.1 Å². The molecule has 1 N–H and O–H groups in total. The minimum Gasteiger partial charge on any atom is -0.487 e. The fourth-order valence-electron chi connectivity index (χ4n) is 5.61. The Labute approximate surface area is 254 Å². The molecule has 0 radical (unpaired) electrons. The first-order chi connectivity index (χ1) is 20.1. The number of nitrogens with one attached hydrogen (secondary N) is 1. The molecule has 0 aliphatic carbocycles. The Hall–Kier alpha value is -2.78. The molecule has 1 amide bonds. The third kappa shape index (κ3) is 8.19. The average molecular weight is 621 g/mol. The fraction of sp³-hybridized carbons (Fsp3) is 0.406. The van der Waals surface area contributed by atoms with Gasteiger partial charge >= 0.3 is 6.18 Å². The van der Waals surface area contributed by atoms with Gasteiger partial charge in [0.05, 0.1) is 15.6 Å². The van der Waals surface area contributed by atoms with E-state index in [0.717, 1.165) is 38.5 Å². The van der Waals surface area contributed by atoms with Gasteiger partial charge in [-0.25, -0.2) is 0 Å². The zero-order chi connectivity index (χ0) is 29.7. The number of nitrogens with zero attached hydrogens (tertiary/aromatic N) is 2. The van der Waals surface area contributed by atoms with Crippen LogP contribution in [0.4, 0.5) is 13.2 Å². The van der Waals surface area contributed by atoms with Crippen LogP contribution in [0.15, 0.2) is 66.7 Å². The molecule has 0 aromatic heterocycles. The van der Waals surface area contributed by atoms with Crippen LogP contribution < -0.4 is 10.1 Å². The highest BCUT2D eigenvalue weighted by Gasteiger charge is 2.31. The number of alkyl halides is 3. The van der Waals surface area contributed by atoms with E-state index in [1.54, 1.807) is 18.2 Å². The van der Waals surface area contributed by atoms with Crippen LogP contribution in [-0.2, 0) is 19.3 Å². The second-order valence-corrected chi connectivity index (χ2v) is 11.9. The lowest BCUT2D eigenvalue weighted by Crippen LogP contribution is -2.44. The van der Waals surface area contributed by atoms with E-state index in [0.29, 0.717) is 49.4 Å². The summed E-state index contributed by atoms with van der Waals surface area (Å²) in [6.45, 7) is 4.50. The number of hydrogen-bond acceptors (Lipinski definition) is 4. The van der Waals surface area contributed by atoms with Crippen molar-refractivity contribution in [3.05, 3.63) is 99.0 Å². The summed E-state index contributed by atoms with van der Waals surface area (Å²) < 4.78 is 45.3. The molecule has 0 spiro atoms. The molecule has 0 atom stereocenters. The van der Waals surface area contributed by atoms with Crippen molar-refractivity contribution in [3.63, 3.8) is 0 Å². The topological polar surface area (TPSA) is 44.8 Å². The maximum atomic E-state index is 13.0. The van der Waals surface area contributed by atoms with E-state index < -0.39 is 11.7 Å². The van der Waals surface area contributed by atoms with Crippen LogP contribution in [0, 0.1) is 0 Å². The number of carbonyl (C=O) groups excluding carboxylic acids is 1. The minimum absolute atomic E-state index is 0.0825. The molecule has 5 nitrogen and oxygen atoms in total. The van der Waals surface area contributed by atoms with Crippen molar-refractivity contribution in [2.45, 2.75) is 57.1 Å². The van der Waals surface area contributed by atoms with Crippen LogP contribution in [0.5, 0.6) is 5.75 Å². The van der Waals surface area contributed by atoms with Crippen LogP contribution in [0.1, 0.15) is 52.7 Å². The smallest absolute Gasteiger partial charge is 0.416 e. The van der Waals surface area contributed by atoms with Gasteiger partial charge in [-0.3, -0.25) is 14.6 Å². The molecule has 2 aliphatic heterocycles. The van der Waals surface area contributed by atoms with Crippen LogP contribution in [0.2, 0.25) is 10.0 Å². The lowest BCUT2D eigenvalue weighted by molar-refractivity contribution is -0.137. The second kappa shape index (κ2) is 13.7. The van der Waals surface area contributed by atoms with Gasteiger partial charge in [0.25, 0.3) is 5.91 Å². The molecular weight excluding hydrogens is 586 g/mol. The number of halogens is 5. The van der Waals surface area contributed by atoms with E-state index in [1.165, 1.54) is 17.7 Å². The highest BCUT2D eigenvalue weighted by atomic mass is 35.5. The SMILES string of the molecule is O=C(NC1CCN(Cc2ccccc2)CC1)c1cc(Cl)c(OC2CCN(Cc3cccc(C(F)(F)F)c3)CC2)c(Cl)c1. The Morgan fingerprint density at radius 2 is 1.38 bits per heavy atom. The van der Waals surface area contributed by atoms with Crippen molar-refractivity contribution < 1.29 is 22.7 Å². The van der Waals surface area contributed by atoms with Crippen LogP contribution >= 0.6 is 23.2 Å². The second-order valence-electron chi connectivity index (χ2n) is 11.1. The number of benzene rings is 3. The highest BCUT2D eigenvalue weighted by molar-refractivity contribution is 6.37. The highest BCUT2D eigenvalue weighted by Crippen LogP contribution is 2.36. The molecular formula is C32H34Cl2F3N3O2. The van der Waals surface area contributed by atoms with Gasteiger partial charge in [-0.1, -0.05) is 71.7 Å². The summed E-state index contributed by atoms with van der Waals surface area (Å²) in [7, 11) is 0. The number of hydrogen-bond donors (Lipinski definition) is 1. The first-order valence-corrected chi connectivity index (χ1v) is 15.0. The van der Waals surface area contributed by atoms with Gasteiger partial charge < -0.3 is 10.1 Å². The fourth-order valence-corrected chi connectivity index (χ4v) is 6.18. The Bertz CT molecular complexity index is 1330. The van der Waals surface area contributed by atoms with Crippen molar-refractivity contribution in [2.75, 3.05) is 26.2 Å². The van der Waals surface area contributed by atoms with Crippen LogP contribution in [0.3, 0.4) is 0 Å². The maximum absolute atomic E-state index is 13.0. The summed E-state index contributed by atoms with van der Waals surface area (Å²) in [4.78, 5) is 17.5. The summed E-state index contributed by atoms with van der Waals surface area (Å²) >= 11 is 13.1. The Morgan fingerprint density at radius 1 is 0.810 bits per heavy atom. The third-order valence-corrected chi connectivity index (χ3v) is 8.47. The molecule has 0 unspecified atom stereocenters. The molecule has 10 heteroatoms. The average Bonchev–Trinajstić information content (AvgIpc) is 2.97. The van der Waals surface area contributed by atoms with Crippen molar-refractivity contribution in [1.82, 2.24) is 15.1 Å². The van der Waals surface area contributed by atoms with Gasteiger partial charge in [0.1, 0.15) is 6.10 Å². The largest absolute Gasteiger partial charge is 0.487 e.